The van der Waals surface area contributed by atoms with E-state index in [-0.39, 0.29) is 11.8 Å². The summed E-state index contributed by atoms with van der Waals surface area (Å²) >= 11 is 1.56. The highest BCUT2D eigenvalue weighted by Gasteiger charge is 2.51. The summed E-state index contributed by atoms with van der Waals surface area (Å²) in [5.74, 6) is 2.15. The third-order valence-electron chi connectivity index (χ3n) is 6.38. The van der Waals surface area contributed by atoms with E-state index >= 15 is 0 Å². The van der Waals surface area contributed by atoms with Crippen LogP contribution in [0.15, 0.2) is 0 Å². The molecule has 0 amide bonds. The Labute approximate surface area is 128 Å². The van der Waals surface area contributed by atoms with Crippen LogP contribution in [0.25, 0.3) is 0 Å². The highest BCUT2D eigenvalue weighted by Crippen LogP contribution is 2.58. The minimum atomic E-state index is 0.253. The summed E-state index contributed by atoms with van der Waals surface area (Å²) in [5.41, 5.74) is 2.71. The van der Waals surface area contributed by atoms with Crippen molar-refractivity contribution in [3.05, 3.63) is 20.9 Å². The molecular weight excluding hydrogens is 280 g/mol. The van der Waals surface area contributed by atoms with Crippen molar-refractivity contribution < 1.29 is 9.59 Å². The van der Waals surface area contributed by atoms with Crippen LogP contribution in [0.1, 0.15) is 93.7 Å². The number of carbonyl (C=O) groups excluding carboxylic acids is 2. The first-order valence-electron chi connectivity index (χ1n) is 8.52. The molecule has 110 valence electrons. The summed E-state index contributed by atoms with van der Waals surface area (Å²) in [6.07, 6.45) is 9.38. The van der Waals surface area contributed by atoms with E-state index in [2.05, 4.69) is 0 Å². The molecule has 4 aliphatic rings. The molecular formula is C18H20O2S. The zero-order chi connectivity index (χ0) is 14.1. The van der Waals surface area contributed by atoms with Gasteiger partial charge in [0.1, 0.15) is 0 Å². The smallest absolute Gasteiger partial charge is 0.176 e. The van der Waals surface area contributed by atoms with Gasteiger partial charge in [-0.3, -0.25) is 9.59 Å². The fourth-order valence-corrected chi connectivity index (χ4v) is 6.93. The Bertz CT molecular complexity index is 602. The summed E-state index contributed by atoms with van der Waals surface area (Å²) < 4.78 is 0. The molecule has 0 aromatic carbocycles. The highest BCUT2D eigenvalue weighted by molar-refractivity contribution is 7.16. The van der Waals surface area contributed by atoms with E-state index in [1.165, 1.54) is 36.8 Å². The van der Waals surface area contributed by atoms with Crippen LogP contribution in [0.4, 0.5) is 0 Å². The predicted molar refractivity (Wildman–Crippen MR) is 82.4 cm³/mol. The van der Waals surface area contributed by atoms with Gasteiger partial charge in [-0.15, -0.1) is 11.3 Å². The lowest BCUT2D eigenvalue weighted by molar-refractivity contribution is 0.0894. The molecule has 0 bridgehead atoms. The van der Waals surface area contributed by atoms with Crippen LogP contribution in [0.3, 0.4) is 0 Å². The van der Waals surface area contributed by atoms with E-state index in [1.54, 1.807) is 11.3 Å². The molecule has 4 unspecified atom stereocenters. The van der Waals surface area contributed by atoms with Crippen molar-refractivity contribution in [2.45, 2.75) is 63.2 Å². The van der Waals surface area contributed by atoms with Gasteiger partial charge in [-0.2, -0.15) is 0 Å². The Morgan fingerprint density at radius 3 is 1.43 bits per heavy atom. The van der Waals surface area contributed by atoms with Gasteiger partial charge in [0.05, 0.1) is 9.75 Å². The van der Waals surface area contributed by atoms with Crippen molar-refractivity contribution >= 4 is 22.9 Å². The lowest BCUT2D eigenvalue weighted by Gasteiger charge is -2.28. The fourth-order valence-electron chi connectivity index (χ4n) is 5.48. The Kier molecular flexibility index (Phi) is 2.56. The first kappa shape index (κ1) is 12.6. The number of Topliss-reactive ketones (excluding diaryl/α,β-unsaturated/α-hetero) is 2. The number of thiophene rings is 1. The largest absolute Gasteiger partial charge is 0.293 e. The molecule has 2 saturated carbocycles. The second-order valence-electron chi connectivity index (χ2n) is 7.31. The molecule has 0 N–H and O–H groups in total. The van der Waals surface area contributed by atoms with Gasteiger partial charge in [0.15, 0.2) is 11.6 Å². The summed E-state index contributed by atoms with van der Waals surface area (Å²) in [7, 11) is 0. The van der Waals surface area contributed by atoms with Crippen molar-refractivity contribution in [1.29, 1.82) is 0 Å². The molecule has 4 atom stereocenters. The van der Waals surface area contributed by atoms with Gasteiger partial charge >= 0.3 is 0 Å². The summed E-state index contributed by atoms with van der Waals surface area (Å²) in [6.45, 7) is 0. The normalized spacial score (nSPS) is 37.1. The van der Waals surface area contributed by atoms with Crippen LogP contribution < -0.4 is 0 Å². The van der Waals surface area contributed by atoms with Gasteiger partial charge in [0.2, 0.25) is 0 Å². The Balaban J connectivity index is 1.68. The van der Waals surface area contributed by atoms with Gasteiger partial charge in [-0.1, -0.05) is 25.7 Å². The van der Waals surface area contributed by atoms with Crippen LogP contribution in [-0.2, 0) is 0 Å². The molecule has 2 nitrogen and oxygen atoms in total. The highest BCUT2D eigenvalue weighted by atomic mass is 32.1. The van der Waals surface area contributed by atoms with E-state index in [9.17, 15) is 9.59 Å². The van der Waals surface area contributed by atoms with E-state index in [1.807, 2.05) is 0 Å². The van der Waals surface area contributed by atoms with Gasteiger partial charge < -0.3 is 0 Å². The Morgan fingerprint density at radius 2 is 1.00 bits per heavy atom. The number of carbonyl (C=O) groups is 2. The fraction of sp³-hybridized carbons (Fsp3) is 0.667. The summed E-state index contributed by atoms with van der Waals surface area (Å²) in [6, 6.07) is 0. The Morgan fingerprint density at radius 1 is 0.619 bits per heavy atom. The number of fused-ring (bicyclic) bond motifs is 7. The molecule has 0 spiro atoms. The van der Waals surface area contributed by atoms with Crippen LogP contribution >= 0.6 is 11.3 Å². The van der Waals surface area contributed by atoms with Crippen molar-refractivity contribution in [3.8, 4) is 0 Å². The quantitative estimate of drug-likeness (QED) is 0.696. The number of hydrogen-bond acceptors (Lipinski definition) is 3. The standard InChI is InChI=1S/C18H20O2S/c19-15-11-7-3-1-5-9(11)13-14-10-6-2-4-8-12(10)16(20)18(14)21-17(13)15/h9-12H,1-8H2. The van der Waals surface area contributed by atoms with Gasteiger partial charge in [-0.05, 0) is 48.6 Å². The monoisotopic (exact) mass is 300 g/mol. The number of hydrogen-bond donors (Lipinski definition) is 0. The molecule has 1 heterocycles. The topological polar surface area (TPSA) is 34.1 Å². The molecule has 0 saturated heterocycles. The molecule has 1 aromatic rings. The van der Waals surface area contributed by atoms with Crippen molar-refractivity contribution in [2.24, 2.45) is 11.8 Å². The Hall–Kier alpha value is -0.960. The third kappa shape index (κ3) is 1.48. The van der Waals surface area contributed by atoms with Crippen LogP contribution in [0, 0.1) is 11.8 Å². The maximum absolute atomic E-state index is 12.7. The molecule has 1 aromatic heterocycles. The molecule has 21 heavy (non-hydrogen) atoms. The van der Waals surface area contributed by atoms with Crippen molar-refractivity contribution in [3.63, 3.8) is 0 Å². The van der Waals surface area contributed by atoms with E-state index in [0.29, 0.717) is 23.4 Å². The average molecular weight is 300 g/mol. The summed E-state index contributed by atoms with van der Waals surface area (Å²) in [4.78, 5) is 27.4. The van der Waals surface area contributed by atoms with Crippen molar-refractivity contribution in [2.75, 3.05) is 0 Å². The second-order valence-corrected chi connectivity index (χ2v) is 8.33. The lowest BCUT2D eigenvalue weighted by Crippen LogP contribution is -2.19. The summed E-state index contributed by atoms with van der Waals surface area (Å²) in [5, 5.41) is 0. The average Bonchev–Trinajstić information content (AvgIpc) is 3.12. The number of rotatable bonds is 0. The molecule has 0 radical (unpaired) electrons. The van der Waals surface area contributed by atoms with Gasteiger partial charge in [-0.25, -0.2) is 0 Å². The zero-order valence-electron chi connectivity index (χ0n) is 12.2. The molecule has 3 heteroatoms. The first-order valence-corrected chi connectivity index (χ1v) is 9.34. The second kappa shape index (κ2) is 4.28. The van der Waals surface area contributed by atoms with Gasteiger partial charge in [0.25, 0.3) is 0 Å². The first-order chi connectivity index (χ1) is 10.3. The molecule has 5 rings (SSSR count). The van der Waals surface area contributed by atoms with E-state index < -0.39 is 0 Å². The molecule has 0 aliphatic heterocycles. The predicted octanol–water partition coefficient (Wildman–Crippen LogP) is 4.69. The molecule has 4 aliphatic carbocycles. The van der Waals surface area contributed by atoms with Crippen molar-refractivity contribution in [1.82, 2.24) is 0 Å². The zero-order valence-corrected chi connectivity index (χ0v) is 13.0. The van der Waals surface area contributed by atoms with Crippen LogP contribution in [0.5, 0.6) is 0 Å². The minimum absolute atomic E-state index is 0.253. The molecule has 2 fully saturated rings. The van der Waals surface area contributed by atoms with Gasteiger partial charge in [0, 0.05) is 11.8 Å². The maximum Gasteiger partial charge on any atom is 0.176 e. The lowest BCUT2D eigenvalue weighted by atomic mass is 9.74. The van der Waals surface area contributed by atoms with E-state index in [0.717, 1.165) is 35.4 Å². The van der Waals surface area contributed by atoms with Crippen LogP contribution in [-0.4, -0.2) is 11.6 Å². The number of ketones is 2. The maximum atomic E-state index is 12.7. The minimum Gasteiger partial charge on any atom is -0.293 e. The SMILES string of the molecule is O=C1c2sc3c(c2C2CCCCC12)C1CCCCC1C3=O. The third-order valence-corrected chi connectivity index (χ3v) is 7.63. The van der Waals surface area contributed by atoms with E-state index in [4.69, 9.17) is 0 Å². The van der Waals surface area contributed by atoms with Crippen LogP contribution in [0.2, 0.25) is 0 Å².